The Hall–Kier alpha value is -0.420. The Labute approximate surface area is 139 Å². The first-order valence-electron chi connectivity index (χ1n) is 6.16. The van der Waals surface area contributed by atoms with Gasteiger partial charge in [-0.1, -0.05) is 56.5 Å². The number of rotatable bonds is 4. The van der Waals surface area contributed by atoms with Crippen molar-refractivity contribution in [1.29, 1.82) is 0 Å². The molecule has 1 nitrogen and oxygen atoms in total. The number of hydrogen-bond acceptors (Lipinski definition) is 1. The van der Waals surface area contributed by atoms with Crippen molar-refractivity contribution in [3.8, 4) is 0 Å². The molecule has 0 heterocycles. The number of hydrogen-bond donors (Lipinski definition) is 1. The van der Waals surface area contributed by atoms with Gasteiger partial charge in [0.1, 0.15) is 5.82 Å². The summed E-state index contributed by atoms with van der Waals surface area (Å²) in [6, 6.07) is 10.4. The van der Waals surface area contributed by atoms with Crippen LogP contribution in [0.1, 0.15) is 24.1 Å². The van der Waals surface area contributed by atoms with Crippen LogP contribution in [0, 0.1) is 5.82 Å². The van der Waals surface area contributed by atoms with E-state index >= 15 is 0 Å². The molecule has 1 atom stereocenters. The molecule has 0 aliphatic rings. The van der Waals surface area contributed by atoms with Crippen LogP contribution in [0.3, 0.4) is 0 Å². The summed E-state index contributed by atoms with van der Waals surface area (Å²) in [6.07, 6.45) is 0. The van der Waals surface area contributed by atoms with Crippen LogP contribution in [0.4, 0.5) is 4.39 Å². The van der Waals surface area contributed by atoms with E-state index in [4.69, 9.17) is 11.6 Å². The average Bonchev–Trinajstić information content (AvgIpc) is 2.40. The molecule has 2 aromatic rings. The predicted molar refractivity (Wildman–Crippen MR) is 88.8 cm³/mol. The van der Waals surface area contributed by atoms with E-state index in [-0.39, 0.29) is 11.9 Å². The lowest BCUT2D eigenvalue weighted by Crippen LogP contribution is -2.23. The van der Waals surface area contributed by atoms with E-state index in [1.54, 1.807) is 12.1 Å². The fourth-order valence-corrected chi connectivity index (χ4v) is 3.08. The van der Waals surface area contributed by atoms with Crippen LogP contribution in [-0.4, -0.2) is 6.54 Å². The summed E-state index contributed by atoms with van der Waals surface area (Å²) >= 11 is 12.8. The van der Waals surface area contributed by atoms with Gasteiger partial charge in [0.05, 0.1) is 6.04 Å². The quantitative estimate of drug-likeness (QED) is 0.667. The van der Waals surface area contributed by atoms with Crippen molar-refractivity contribution in [2.45, 2.75) is 13.0 Å². The Bertz CT molecular complexity index is 619. The fourth-order valence-electron chi connectivity index (χ4n) is 2.06. The lowest BCUT2D eigenvalue weighted by atomic mass is 9.98. The Morgan fingerprint density at radius 2 is 1.90 bits per heavy atom. The first kappa shape index (κ1) is 16.0. The van der Waals surface area contributed by atoms with E-state index < -0.39 is 0 Å². The first-order valence-corrected chi connectivity index (χ1v) is 8.12. The summed E-state index contributed by atoms with van der Waals surface area (Å²) in [5.41, 5.74) is 1.55. The molecular weight excluding hydrogens is 408 g/mol. The minimum atomic E-state index is -0.310. The molecule has 1 N–H and O–H groups in total. The van der Waals surface area contributed by atoms with Gasteiger partial charge in [0.2, 0.25) is 0 Å². The summed E-state index contributed by atoms with van der Waals surface area (Å²) in [5.74, 6) is -0.310. The second kappa shape index (κ2) is 7.03. The van der Waals surface area contributed by atoms with Crippen molar-refractivity contribution in [1.82, 2.24) is 5.32 Å². The van der Waals surface area contributed by atoms with E-state index in [9.17, 15) is 4.39 Å². The van der Waals surface area contributed by atoms with E-state index in [1.807, 2.05) is 25.1 Å². The zero-order chi connectivity index (χ0) is 14.7. The Morgan fingerprint density at radius 3 is 2.55 bits per heavy atom. The number of halogens is 4. The zero-order valence-electron chi connectivity index (χ0n) is 10.8. The maximum Gasteiger partial charge on any atom is 0.129 e. The molecule has 0 aromatic heterocycles. The van der Waals surface area contributed by atoms with Gasteiger partial charge < -0.3 is 5.32 Å². The monoisotopic (exact) mass is 419 g/mol. The van der Waals surface area contributed by atoms with Gasteiger partial charge in [-0.2, -0.15) is 0 Å². The molecule has 0 radical (unpaired) electrons. The summed E-state index contributed by atoms with van der Waals surface area (Å²) in [4.78, 5) is 0. The molecule has 2 rings (SSSR count). The van der Waals surface area contributed by atoms with Crippen LogP contribution in [-0.2, 0) is 0 Å². The van der Waals surface area contributed by atoms with Gasteiger partial charge in [-0.05, 0) is 42.4 Å². The first-order chi connectivity index (χ1) is 9.52. The standard InChI is InChI=1S/C15H13Br2ClFN/c1-2-20-15(11-5-4-10(18)8-14(11)19)12-7-9(16)3-6-13(12)17/h3-8,15,20H,2H2,1H3. The number of nitrogens with one attached hydrogen (secondary N) is 1. The molecule has 0 aliphatic carbocycles. The van der Waals surface area contributed by atoms with Crippen molar-refractivity contribution in [2.24, 2.45) is 0 Å². The highest BCUT2D eigenvalue weighted by atomic mass is 79.9. The van der Waals surface area contributed by atoms with Gasteiger partial charge >= 0.3 is 0 Å². The topological polar surface area (TPSA) is 12.0 Å². The molecule has 0 saturated heterocycles. The van der Waals surface area contributed by atoms with Crippen LogP contribution >= 0.6 is 43.5 Å². The Balaban J connectivity index is 2.53. The predicted octanol–water partition coefficient (Wildman–Crippen LogP) is 5.70. The molecule has 1 unspecified atom stereocenters. The third-order valence-electron chi connectivity index (χ3n) is 2.95. The summed E-state index contributed by atoms with van der Waals surface area (Å²) in [7, 11) is 0. The smallest absolute Gasteiger partial charge is 0.129 e. The van der Waals surface area contributed by atoms with Crippen LogP contribution in [0.15, 0.2) is 45.3 Å². The molecule has 0 spiro atoms. The van der Waals surface area contributed by atoms with Crippen molar-refractivity contribution >= 4 is 43.5 Å². The highest BCUT2D eigenvalue weighted by Crippen LogP contribution is 2.32. The highest BCUT2D eigenvalue weighted by Gasteiger charge is 2.19. The van der Waals surface area contributed by atoms with Crippen LogP contribution < -0.4 is 5.32 Å². The van der Waals surface area contributed by atoms with Crippen molar-refractivity contribution in [3.63, 3.8) is 0 Å². The SMILES string of the molecule is CCNC(c1ccc(Cl)cc1F)c1cc(Br)ccc1Br. The van der Waals surface area contributed by atoms with Crippen molar-refractivity contribution in [3.05, 3.63) is 67.3 Å². The van der Waals surface area contributed by atoms with Gasteiger partial charge in [-0.15, -0.1) is 0 Å². The summed E-state index contributed by atoms with van der Waals surface area (Å²) in [5, 5.41) is 3.71. The average molecular weight is 422 g/mol. The van der Waals surface area contributed by atoms with Crippen molar-refractivity contribution in [2.75, 3.05) is 6.54 Å². The molecule has 0 aliphatic heterocycles. The van der Waals surface area contributed by atoms with E-state index in [0.717, 1.165) is 21.1 Å². The molecular formula is C15H13Br2ClFN. The second-order valence-electron chi connectivity index (χ2n) is 4.32. The van der Waals surface area contributed by atoms with Gasteiger partial charge in [-0.25, -0.2) is 4.39 Å². The summed E-state index contributed by atoms with van der Waals surface area (Å²) < 4.78 is 16.1. The van der Waals surface area contributed by atoms with Crippen LogP contribution in [0.25, 0.3) is 0 Å². The zero-order valence-corrected chi connectivity index (χ0v) is 14.7. The van der Waals surface area contributed by atoms with Crippen molar-refractivity contribution < 1.29 is 4.39 Å². The van der Waals surface area contributed by atoms with Crippen LogP contribution in [0.2, 0.25) is 5.02 Å². The molecule has 106 valence electrons. The highest BCUT2D eigenvalue weighted by molar-refractivity contribution is 9.11. The second-order valence-corrected chi connectivity index (χ2v) is 6.53. The maximum absolute atomic E-state index is 14.2. The normalized spacial score (nSPS) is 12.4. The lowest BCUT2D eigenvalue weighted by Gasteiger charge is -2.21. The van der Waals surface area contributed by atoms with Crippen LogP contribution in [0.5, 0.6) is 0 Å². The lowest BCUT2D eigenvalue weighted by molar-refractivity contribution is 0.558. The molecule has 0 amide bonds. The largest absolute Gasteiger partial charge is 0.306 e. The number of benzene rings is 2. The molecule has 20 heavy (non-hydrogen) atoms. The third kappa shape index (κ3) is 3.61. The Morgan fingerprint density at radius 1 is 1.15 bits per heavy atom. The van der Waals surface area contributed by atoms with Gasteiger partial charge in [0.25, 0.3) is 0 Å². The molecule has 5 heteroatoms. The van der Waals surface area contributed by atoms with E-state index in [2.05, 4.69) is 37.2 Å². The molecule has 2 aromatic carbocycles. The molecule has 0 saturated carbocycles. The minimum Gasteiger partial charge on any atom is -0.306 e. The van der Waals surface area contributed by atoms with E-state index in [0.29, 0.717) is 10.6 Å². The molecule has 0 bridgehead atoms. The van der Waals surface area contributed by atoms with E-state index in [1.165, 1.54) is 6.07 Å². The maximum atomic E-state index is 14.2. The summed E-state index contributed by atoms with van der Waals surface area (Å²) in [6.45, 7) is 2.72. The van der Waals surface area contributed by atoms with Gasteiger partial charge in [0.15, 0.2) is 0 Å². The van der Waals surface area contributed by atoms with Gasteiger partial charge in [0, 0.05) is 19.5 Å². The minimum absolute atomic E-state index is 0.232. The third-order valence-corrected chi connectivity index (χ3v) is 4.40. The van der Waals surface area contributed by atoms with Gasteiger partial charge in [-0.3, -0.25) is 0 Å². The molecule has 0 fully saturated rings. The Kier molecular flexibility index (Phi) is 5.61. The fraction of sp³-hybridized carbons (Fsp3) is 0.200.